The highest BCUT2D eigenvalue weighted by molar-refractivity contribution is 5.81. The molecule has 0 fully saturated rings. The van der Waals surface area contributed by atoms with Crippen LogP contribution in [0.1, 0.15) is 36.4 Å². The number of nitrogens with one attached hydrogen (secondary N) is 2. The van der Waals surface area contributed by atoms with Crippen molar-refractivity contribution >= 4 is 17.7 Å². The molecule has 2 aliphatic heterocycles. The molecule has 3 amide bonds. The van der Waals surface area contributed by atoms with Gasteiger partial charge in [0.2, 0.25) is 17.7 Å². The van der Waals surface area contributed by atoms with Crippen molar-refractivity contribution < 1.29 is 33.3 Å². The van der Waals surface area contributed by atoms with E-state index in [0.29, 0.717) is 30.9 Å². The molecule has 0 saturated carbocycles. The number of aryl methyl sites for hydroxylation is 1. The third-order valence-corrected chi connectivity index (χ3v) is 6.81. The molecule has 4 bridgehead atoms. The number of ether oxygens (including phenoxy) is 4. The second kappa shape index (κ2) is 12.6. The van der Waals surface area contributed by atoms with Gasteiger partial charge in [-0.3, -0.25) is 14.4 Å². The van der Waals surface area contributed by atoms with Crippen LogP contribution in [0.25, 0.3) is 11.1 Å². The summed E-state index contributed by atoms with van der Waals surface area (Å²) in [4.78, 5) is 39.6. The molecule has 2 aromatic rings. The Hall–Kier alpha value is -3.79. The Balaban J connectivity index is 1.71. The molecular weight excluding hydrogens is 490 g/mol. The first-order chi connectivity index (χ1) is 18.4. The Morgan fingerprint density at radius 2 is 1.87 bits per heavy atom. The van der Waals surface area contributed by atoms with Crippen LogP contribution in [0.15, 0.2) is 30.3 Å². The molecule has 0 saturated heterocycles. The number of carbonyl (C=O) groups is 3. The quantitative estimate of drug-likeness (QED) is 0.629. The molecule has 0 aromatic heterocycles. The molecule has 0 radical (unpaired) electrons. The highest BCUT2D eigenvalue weighted by Crippen LogP contribution is 2.42. The van der Waals surface area contributed by atoms with Gasteiger partial charge < -0.3 is 34.5 Å². The lowest BCUT2D eigenvalue weighted by atomic mass is 9.93. The van der Waals surface area contributed by atoms with Gasteiger partial charge in [-0.05, 0) is 41.8 Å². The zero-order chi connectivity index (χ0) is 27.1. The van der Waals surface area contributed by atoms with Crippen LogP contribution in [0.2, 0.25) is 0 Å². The monoisotopic (exact) mass is 525 g/mol. The van der Waals surface area contributed by atoms with Crippen molar-refractivity contribution in [2.45, 2.75) is 31.7 Å². The van der Waals surface area contributed by atoms with Crippen LogP contribution in [0.4, 0.5) is 0 Å². The van der Waals surface area contributed by atoms with Crippen LogP contribution in [0.5, 0.6) is 17.2 Å². The number of fused-ring (bicyclic) bond motifs is 4. The first-order valence-electron chi connectivity index (χ1n) is 12.8. The molecule has 0 aliphatic carbocycles. The molecule has 1 unspecified atom stereocenters. The predicted molar refractivity (Wildman–Crippen MR) is 140 cm³/mol. The molecule has 38 heavy (non-hydrogen) atoms. The van der Waals surface area contributed by atoms with E-state index >= 15 is 0 Å². The van der Waals surface area contributed by atoms with Gasteiger partial charge in [-0.15, -0.1) is 0 Å². The smallest absolute Gasteiger partial charge is 0.248 e. The van der Waals surface area contributed by atoms with E-state index in [1.54, 1.807) is 19.1 Å². The zero-order valence-corrected chi connectivity index (χ0v) is 22.1. The maximum Gasteiger partial charge on any atom is 0.248 e. The van der Waals surface area contributed by atoms with E-state index in [2.05, 4.69) is 10.6 Å². The van der Waals surface area contributed by atoms with Gasteiger partial charge in [0.05, 0.1) is 26.9 Å². The van der Waals surface area contributed by atoms with Crippen molar-refractivity contribution in [3.05, 3.63) is 41.5 Å². The van der Waals surface area contributed by atoms with Gasteiger partial charge in [0.15, 0.2) is 11.5 Å². The molecule has 2 heterocycles. The molecule has 204 valence electrons. The zero-order valence-electron chi connectivity index (χ0n) is 22.1. The molecule has 10 nitrogen and oxygen atoms in total. The fourth-order valence-corrected chi connectivity index (χ4v) is 4.85. The minimum atomic E-state index is -0.233. The summed E-state index contributed by atoms with van der Waals surface area (Å²) in [5, 5.41) is 5.99. The Bertz CT molecular complexity index is 1180. The van der Waals surface area contributed by atoms with Gasteiger partial charge in [-0.25, -0.2) is 0 Å². The summed E-state index contributed by atoms with van der Waals surface area (Å²) in [5.74, 6) is 1.34. The standard InChI is InChI=1S/C28H35N3O7/c1-35-17-27(34)31-11-8-26(33)30-22-9-13-38-23-6-5-19(16-21(22)23)20-14-18(4-7-25(32)29-10-12-31)15-24(36-2)28(20)37-3/h5-6,14-16,22H,4,7-13,17H2,1-3H3,(H,29,32)(H,30,33). The van der Waals surface area contributed by atoms with E-state index in [1.165, 1.54) is 7.11 Å². The number of hydrogen-bond donors (Lipinski definition) is 2. The number of rotatable bonds is 4. The minimum absolute atomic E-state index is 0.0900. The van der Waals surface area contributed by atoms with Gasteiger partial charge in [0.1, 0.15) is 12.4 Å². The van der Waals surface area contributed by atoms with Crippen LogP contribution < -0.4 is 24.8 Å². The van der Waals surface area contributed by atoms with Gasteiger partial charge in [0.25, 0.3) is 0 Å². The van der Waals surface area contributed by atoms with E-state index in [0.717, 1.165) is 28.0 Å². The number of carbonyl (C=O) groups excluding carboxylic acids is 3. The molecule has 2 aliphatic rings. The van der Waals surface area contributed by atoms with Gasteiger partial charge in [-0.1, -0.05) is 6.07 Å². The summed E-state index contributed by atoms with van der Waals surface area (Å²) in [7, 11) is 4.63. The summed E-state index contributed by atoms with van der Waals surface area (Å²) in [6.07, 6.45) is 1.52. The molecule has 2 aromatic carbocycles. The van der Waals surface area contributed by atoms with Crippen LogP contribution in [0.3, 0.4) is 0 Å². The summed E-state index contributed by atoms with van der Waals surface area (Å²) < 4.78 is 22.2. The molecule has 0 spiro atoms. The molecular formula is C28H35N3O7. The molecule has 1 atom stereocenters. The SMILES string of the molecule is COCC(=O)N1CCNC(=O)CCc2cc(OC)c(OC)c(c2)-c2ccc3c(c2)C(CCO3)NC(=O)CC1. The summed E-state index contributed by atoms with van der Waals surface area (Å²) in [5.41, 5.74) is 3.51. The van der Waals surface area contributed by atoms with Crippen molar-refractivity contribution in [2.75, 3.05) is 54.2 Å². The molecule has 4 rings (SSSR count). The second-order valence-electron chi connectivity index (χ2n) is 9.30. The largest absolute Gasteiger partial charge is 0.493 e. The lowest BCUT2D eigenvalue weighted by Crippen LogP contribution is -2.42. The van der Waals surface area contributed by atoms with E-state index in [1.807, 2.05) is 30.3 Å². The number of nitrogens with zero attached hydrogens (tertiary/aromatic N) is 1. The second-order valence-corrected chi connectivity index (χ2v) is 9.30. The summed E-state index contributed by atoms with van der Waals surface area (Å²) in [6.45, 7) is 1.18. The van der Waals surface area contributed by atoms with E-state index in [-0.39, 0.29) is 62.8 Å². The normalized spacial score (nSPS) is 18.3. The number of hydrogen-bond acceptors (Lipinski definition) is 7. The van der Waals surface area contributed by atoms with Crippen LogP contribution >= 0.6 is 0 Å². The number of benzene rings is 2. The summed E-state index contributed by atoms with van der Waals surface area (Å²) >= 11 is 0. The van der Waals surface area contributed by atoms with Crippen molar-refractivity contribution in [1.82, 2.24) is 15.5 Å². The first-order valence-corrected chi connectivity index (χ1v) is 12.8. The molecule has 10 heteroatoms. The molecule has 2 N–H and O–H groups in total. The van der Waals surface area contributed by atoms with Crippen molar-refractivity contribution in [3.8, 4) is 28.4 Å². The average Bonchev–Trinajstić information content (AvgIpc) is 2.92. The number of methoxy groups -OCH3 is 3. The Morgan fingerprint density at radius 3 is 2.63 bits per heavy atom. The van der Waals surface area contributed by atoms with Crippen molar-refractivity contribution in [3.63, 3.8) is 0 Å². The fraction of sp³-hybridized carbons (Fsp3) is 0.464. The minimum Gasteiger partial charge on any atom is -0.493 e. The lowest BCUT2D eigenvalue weighted by molar-refractivity contribution is -0.136. The van der Waals surface area contributed by atoms with Crippen molar-refractivity contribution in [2.24, 2.45) is 0 Å². The van der Waals surface area contributed by atoms with E-state index in [4.69, 9.17) is 18.9 Å². The highest BCUT2D eigenvalue weighted by atomic mass is 16.5. The summed E-state index contributed by atoms with van der Waals surface area (Å²) in [6, 6.07) is 9.51. The van der Waals surface area contributed by atoms with Crippen LogP contribution in [-0.4, -0.2) is 76.8 Å². The van der Waals surface area contributed by atoms with Gasteiger partial charge in [-0.2, -0.15) is 0 Å². The Kier molecular flexibility index (Phi) is 9.06. The van der Waals surface area contributed by atoms with Crippen LogP contribution in [-0.2, 0) is 25.5 Å². The third kappa shape index (κ3) is 6.36. The maximum absolute atomic E-state index is 13.0. The van der Waals surface area contributed by atoms with Gasteiger partial charge in [0, 0.05) is 57.1 Å². The third-order valence-electron chi connectivity index (χ3n) is 6.81. The van der Waals surface area contributed by atoms with Gasteiger partial charge >= 0.3 is 0 Å². The fourth-order valence-electron chi connectivity index (χ4n) is 4.85. The predicted octanol–water partition coefficient (Wildman–Crippen LogP) is 2.24. The number of amides is 3. The van der Waals surface area contributed by atoms with Crippen molar-refractivity contribution in [1.29, 1.82) is 0 Å². The maximum atomic E-state index is 13.0. The van der Waals surface area contributed by atoms with E-state index < -0.39 is 0 Å². The average molecular weight is 526 g/mol. The highest BCUT2D eigenvalue weighted by Gasteiger charge is 2.26. The Labute approximate surface area is 222 Å². The van der Waals surface area contributed by atoms with E-state index in [9.17, 15) is 14.4 Å². The van der Waals surface area contributed by atoms with Crippen LogP contribution in [0, 0.1) is 0 Å². The lowest BCUT2D eigenvalue weighted by Gasteiger charge is -2.28. The first kappa shape index (κ1) is 27.3. The Morgan fingerprint density at radius 1 is 1.03 bits per heavy atom. The topological polar surface area (TPSA) is 115 Å².